The molecule has 0 bridgehead atoms. The zero-order valence-electron chi connectivity index (χ0n) is 71.8. The summed E-state index contributed by atoms with van der Waals surface area (Å²) < 4.78 is 9.86. The number of hydrogen-bond acceptors (Lipinski definition) is 0. The molecule has 0 fully saturated rings. The van der Waals surface area contributed by atoms with E-state index in [1.165, 1.54) is 235 Å². The lowest BCUT2D eigenvalue weighted by Crippen LogP contribution is -1.97. The van der Waals surface area contributed by atoms with E-state index in [0.29, 0.717) is 0 Å². The van der Waals surface area contributed by atoms with E-state index in [9.17, 15) is 0 Å². The van der Waals surface area contributed by atoms with Gasteiger partial charge < -0.3 is 18.3 Å². The molecule has 610 valence electrons. The van der Waals surface area contributed by atoms with Gasteiger partial charge in [0, 0.05) is 77.0 Å². The SMILES string of the molecule is c1ccc(-n2c3ccccc3c3ccc(-c4cccc5c(-c6ccc7cc8ccccc8cc7c6)c6cccc(-c7ccc8c9cc(-c%10ccc%11cc%12cc(-c%13c%14cccc(-c%15cccc%16c%17ccccc%17n(-c%17ccccc%17)c%15%16)c%14cc%14c(-c%15cccc%16c%17ccccc%17n(-c%17ccccc%17)c%15%16)cccc%13%14)ccc%12cc%11c%10)ccc9n(-c9ccccc9)c8c7)c6cc45)cc32)cc1. The number of aromatic nitrogens is 4. The first kappa shape index (κ1) is 73.7. The second-order valence-corrected chi connectivity index (χ2v) is 35.7. The summed E-state index contributed by atoms with van der Waals surface area (Å²) >= 11 is 0. The normalized spacial score (nSPS) is 12.1. The van der Waals surface area contributed by atoms with Gasteiger partial charge >= 0.3 is 0 Å². The Balaban J connectivity index is 0.593. The van der Waals surface area contributed by atoms with Crippen molar-refractivity contribution in [2.45, 2.75) is 0 Å². The van der Waals surface area contributed by atoms with Crippen molar-refractivity contribution in [3.05, 3.63) is 473 Å². The maximum Gasteiger partial charge on any atom is 0.0619 e. The summed E-state index contributed by atoms with van der Waals surface area (Å²) in [5.41, 5.74) is 30.5. The third kappa shape index (κ3) is 11.3. The summed E-state index contributed by atoms with van der Waals surface area (Å²) in [6, 6.07) is 178. The van der Waals surface area contributed by atoms with Crippen LogP contribution in [0, 0.1) is 0 Å². The van der Waals surface area contributed by atoms with Crippen LogP contribution in [0.3, 0.4) is 0 Å². The molecule has 4 aromatic heterocycles. The van der Waals surface area contributed by atoms with Gasteiger partial charge in [0.05, 0.1) is 44.1 Å². The van der Waals surface area contributed by atoms with Crippen LogP contribution in [0.5, 0.6) is 0 Å². The van der Waals surface area contributed by atoms with Crippen LogP contribution < -0.4 is 0 Å². The quantitative estimate of drug-likeness (QED) is 0.115. The number of para-hydroxylation sites is 9. The predicted octanol–water partition coefficient (Wildman–Crippen LogP) is 35.0. The van der Waals surface area contributed by atoms with Gasteiger partial charge in [-0.05, 0) is 299 Å². The second kappa shape index (κ2) is 29.0. The maximum absolute atomic E-state index is 2.52. The van der Waals surface area contributed by atoms with Crippen LogP contribution in [0.4, 0.5) is 0 Å². The molecule has 0 amide bonds. The highest BCUT2D eigenvalue weighted by Gasteiger charge is 2.27. The monoisotopic (exact) mass is 1670 g/mol. The molecule has 4 heteroatoms. The van der Waals surface area contributed by atoms with Crippen molar-refractivity contribution >= 4 is 173 Å². The first-order valence-corrected chi connectivity index (χ1v) is 45.7. The van der Waals surface area contributed by atoms with Gasteiger partial charge in [-0.2, -0.15) is 0 Å². The molecule has 0 saturated carbocycles. The Morgan fingerprint density at radius 2 is 0.394 bits per heavy atom. The topological polar surface area (TPSA) is 19.7 Å². The van der Waals surface area contributed by atoms with Gasteiger partial charge in [-0.3, -0.25) is 0 Å². The van der Waals surface area contributed by atoms with E-state index in [1.54, 1.807) is 0 Å². The smallest absolute Gasteiger partial charge is 0.0619 e. The minimum Gasteiger partial charge on any atom is -0.309 e. The number of hydrogen-bond donors (Lipinski definition) is 0. The highest BCUT2D eigenvalue weighted by Crippen LogP contribution is 2.52. The summed E-state index contributed by atoms with van der Waals surface area (Å²) in [6.07, 6.45) is 0. The van der Waals surface area contributed by atoms with Gasteiger partial charge in [-0.15, -0.1) is 0 Å². The van der Waals surface area contributed by atoms with Crippen molar-refractivity contribution in [3.8, 4) is 101 Å². The van der Waals surface area contributed by atoms with Gasteiger partial charge in [-0.1, -0.05) is 328 Å². The molecule has 4 heterocycles. The van der Waals surface area contributed by atoms with Gasteiger partial charge in [0.15, 0.2) is 0 Å². The average Bonchev–Trinajstić information content (AvgIpc) is 1.71. The molecule has 0 aliphatic carbocycles. The minimum absolute atomic E-state index is 1.11. The lowest BCUT2D eigenvalue weighted by atomic mass is 9.85. The first-order valence-electron chi connectivity index (χ1n) is 45.7. The van der Waals surface area contributed by atoms with Crippen molar-refractivity contribution in [1.82, 2.24) is 18.3 Å². The molecule has 0 N–H and O–H groups in total. The summed E-state index contributed by atoms with van der Waals surface area (Å²) in [4.78, 5) is 0. The Labute approximate surface area is 760 Å². The predicted molar refractivity (Wildman–Crippen MR) is 562 cm³/mol. The van der Waals surface area contributed by atoms with Gasteiger partial charge in [0.2, 0.25) is 0 Å². The fraction of sp³-hybridized carbons (Fsp3) is 0. The fourth-order valence-electron chi connectivity index (χ4n) is 22.7. The van der Waals surface area contributed by atoms with E-state index in [2.05, 4.69) is 491 Å². The molecule has 28 rings (SSSR count). The largest absolute Gasteiger partial charge is 0.309 e. The first-order chi connectivity index (χ1) is 65.5. The Morgan fingerprint density at radius 3 is 0.833 bits per heavy atom. The zero-order valence-corrected chi connectivity index (χ0v) is 71.8. The average molecular weight is 1670 g/mol. The summed E-state index contributed by atoms with van der Waals surface area (Å²) in [5.74, 6) is 0. The van der Waals surface area contributed by atoms with Crippen molar-refractivity contribution in [2.75, 3.05) is 0 Å². The van der Waals surface area contributed by atoms with Crippen molar-refractivity contribution in [1.29, 1.82) is 0 Å². The standard InChI is InChI=1S/C128H78N4/c1-5-29-93(30-6-1)129-119-52-18-15-37-101(119)104-64-61-86(75-123(104)129)97-40-21-44-106-114(97)77-115-98(41-22-45-107(115)125(106)88-59-57-82-67-79-27-13-14-28-80(79)68-91(82)72-88)87-62-65-105-118-74-85(63-66-122(118)130(124(105)76-87)94-31-7-2-8-32-94)81-55-56-83-71-92-73-89(60-58-84(92)70-90(83)69-81)126-108-46-23-42-99(110-48-25-50-112-102-38-16-19-53-120(102)131(127(110)112)95-33-9-3-10-34-95)116(108)78-117-100(43-24-47-109(117)126)111-49-26-51-113-103-39-17-20-54-121(103)132(128(111)113)96-35-11-4-12-36-96/h1-78H. The lowest BCUT2D eigenvalue weighted by molar-refractivity contribution is 1.18. The molecular formula is C128H78N4. The van der Waals surface area contributed by atoms with Crippen molar-refractivity contribution in [2.24, 2.45) is 0 Å². The Kier molecular flexibility index (Phi) is 16.2. The number of benzene rings is 24. The van der Waals surface area contributed by atoms with E-state index < -0.39 is 0 Å². The van der Waals surface area contributed by atoms with E-state index in [-0.39, 0.29) is 0 Å². The molecule has 28 aromatic rings. The summed E-state index contributed by atoms with van der Waals surface area (Å²) in [6.45, 7) is 0. The molecule has 0 atom stereocenters. The van der Waals surface area contributed by atoms with E-state index in [1.807, 2.05) is 0 Å². The van der Waals surface area contributed by atoms with E-state index >= 15 is 0 Å². The van der Waals surface area contributed by atoms with Gasteiger partial charge in [0.25, 0.3) is 0 Å². The highest BCUT2D eigenvalue weighted by atomic mass is 15.0. The van der Waals surface area contributed by atoms with Gasteiger partial charge in [-0.25, -0.2) is 0 Å². The number of nitrogens with zero attached hydrogens (tertiary/aromatic N) is 4. The molecule has 0 spiro atoms. The Hall–Kier alpha value is -17.4. The highest BCUT2D eigenvalue weighted by molar-refractivity contribution is 6.26. The van der Waals surface area contributed by atoms with Crippen LogP contribution in [-0.2, 0) is 0 Å². The molecule has 0 unspecified atom stereocenters. The van der Waals surface area contributed by atoms with Crippen LogP contribution in [0.25, 0.3) is 274 Å². The zero-order chi connectivity index (χ0) is 86.3. The molecule has 24 aromatic carbocycles. The minimum atomic E-state index is 1.11. The van der Waals surface area contributed by atoms with Crippen LogP contribution in [0.1, 0.15) is 0 Å². The molecular weight excluding hydrogens is 1590 g/mol. The van der Waals surface area contributed by atoms with Crippen molar-refractivity contribution < 1.29 is 0 Å². The van der Waals surface area contributed by atoms with E-state index in [4.69, 9.17) is 0 Å². The summed E-state index contributed by atoms with van der Waals surface area (Å²) in [7, 11) is 0. The number of fused-ring (bicyclic) bond motifs is 20. The third-order valence-electron chi connectivity index (χ3n) is 28.6. The summed E-state index contributed by atoms with van der Waals surface area (Å²) in [5, 5.41) is 29.1. The molecule has 0 aliphatic heterocycles. The number of rotatable bonds is 11. The van der Waals surface area contributed by atoms with Crippen LogP contribution in [0.15, 0.2) is 473 Å². The fourth-order valence-corrected chi connectivity index (χ4v) is 22.7. The van der Waals surface area contributed by atoms with E-state index in [0.717, 1.165) is 39.3 Å². The van der Waals surface area contributed by atoms with Crippen LogP contribution in [-0.4, -0.2) is 18.3 Å². The molecule has 0 radical (unpaired) electrons. The van der Waals surface area contributed by atoms with Crippen LogP contribution in [0.2, 0.25) is 0 Å². The lowest BCUT2D eigenvalue weighted by Gasteiger charge is -2.19. The van der Waals surface area contributed by atoms with Gasteiger partial charge in [0.1, 0.15) is 0 Å². The third-order valence-corrected chi connectivity index (χ3v) is 28.6. The molecule has 132 heavy (non-hydrogen) atoms. The molecule has 0 aliphatic rings. The van der Waals surface area contributed by atoms with Crippen molar-refractivity contribution in [3.63, 3.8) is 0 Å². The maximum atomic E-state index is 2.52. The molecule has 0 saturated heterocycles. The Bertz CT molecular complexity index is 9560. The second-order valence-electron chi connectivity index (χ2n) is 35.7. The van der Waals surface area contributed by atoms with Crippen LogP contribution >= 0.6 is 0 Å². The Morgan fingerprint density at radius 1 is 0.114 bits per heavy atom. The molecule has 4 nitrogen and oxygen atoms in total.